The Morgan fingerprint density at radius 2 is 2.29 bits per heavy atom. The molecule has 0 saturated heterocycles. The summed E-state index contributed by atoms with van der Waals surface area (Å²) < 4.78 is 0. The van der Waals surface area contributed by atoms with Gasteiger partial charge in [0.2, 0.25) is 0 Å². The van der Waals surface area contributed by atoms with Crippen molar-refractivity contribution in [2.75, 3.05) is 13.1 Å². The molecule has 0 aliphatic rings. The number of hydrogen-bond donors (Lipinski definition) is 2. The molecule has 0 amide bonds. The molecule has 0 aromatic rings. The lowest BCUT2D eigenvalue weighted by Crippen LogP contribution is -2.17. The zero-order chi connectivity index (χ0) is 10.8. The van der Waals surface area contributed by atoms with Crippen LogP contribution in [0, 0.1) is 12.3 Å². The average molecular weight is 195 g/mol. The molecule has 0 fully saturated rings. The second-order valence-electron chi connectivity index (χ2n) is 3.17. The minimum atomic E-state index is -0.892. The van der Waals surface area contributed by atoms with Gasteiger partial charge < -0.3 is 10.4 Å². The average Bonchev–Trinajstić information content (AvgIpc) is 2.10. The number of unbranched alkanes of at least 4 members (excludes halogenated alkanes) is 2. The van der Waals surface area contributed by atoms with Gasteiger partial charge in [-0.25, -0.2) is 4.79 Å². The van der Waals surface area contributed by atoms with Crippen LogP contribution in [-0.2, 0) is 4.79 Å². The zero-order valence-corrected chi connectivity index (χ0v) is 8.55. The van der Waals surface area contributed by atoms with E-state index in [0.29, 0.717) is 6.54 Å². The Morgan fingerprint density at radius 1 is 1.57 bits per heavy atom. The third-order valence-corrected chi connectivity index (χ3v) is 1.70. The molecule has 78 valence electrons. The van der Waals surface area contributed by atoms with Crippen molar-refractivity contribution in [1.82, 2.24) is 5.32 Å². The van der Waals surface area contributed by atoms with E-state index in [1.807, 2.05) is 0 Å². The van der Waals surface area contributed by atoms with Crippen molar-refractivity contribution in [3.63, 3.8) is 0 Å². The molecular formula is C11H17NO2. The van der Waals surface area contributed by atoms with E-state index in [1.54, 1.807) is 6.92 Å². The van der Waals surface area contributed by atoms with Gasteiger partial charge in [-0.15, -0.1) is 12.3 Å². The van der Waals surface area contributed by atoms with E-state index in [1.165, 1.54) is 6.08 Å². The van der Waals surface area contributed by atoms with Crippen LogP contribution in [0.15, 0.2) is 11.6 Å². The van der Waals surface area contributed by atoms with Gasteiger partial charge in [0.05, 0.1) is 0 Å². The van der Waals surface area contributed by atoms with E-state index in [-0.39, 0.29) is 0 Å². The molecule has 0 radical (unpaired) electrons. The van der Waals surface area contributed by atoms with Crippen LogP contribution in [0.25, 0.3) is 0 Å². The third kappa shape index (κ3) is 8.82. The van der Waals surface area contributed by atoms with Gasteiger partial charge in [-0.2, -0.15) is 0 Å². The first kappa shape index (κ1) is 12.7. The number of rotatable bonds is 7. The van der Waals surface area contributed by atoms with E-state index in [2.05, 4.69) is 11.2 Å². The Labute approximate surface area is 85.2 Å². The van der Waals surface area contributed by atoms with E-state index in [0.717, 1.165) is 31.4 Å². The van der Waals surface area contributed by atoms with Crippen LogP contribution in [0.3, 0.4) is 0 Å². The number of carbonyl (C=O) groups is 1. The Bertz CT molecular complexity index is 238. The minimum Gasteiger partial charge on any atom is -0.478 e. The summed E-state index contributed by atoms with van der Waals surface area (Å²) in [6.07, 6.45) is 9.18. The summed E-state index contributed by atoms with van der Waals surface area (Å²) in [6.45, 7) is 3.30. The topological polar surface area (TPSA) is 49.3 Å². The second kappa shape index (κ2) is 8.33. The van der Waals surface area contributed by atoms with Crippen LogP contribution in [0.2, 0.25) is 0 Å². The van der Waals surface area contributed by atoms with Crippen LogP contribution < -0.4 is 5.32 Å². The smallest absolute Gasteiger partial charge is 0.328 e. The minimum absolute atomic E-state index is 0.627. The van der Waals surface area contributed by atoms with Gasteiger partial charge in [0, 0.05) is 19.0 Å². The molecule has 0 bridgehead atoms. The first-order valence-electron chi connectivity index (χ1n) is 4.71. The lowest BCUT2D eigenvalue weighted by molar-refractivity contribution is -0.131. The molecule has 14 heavy (non-hydrogen) atoms. The second-order valence-corrected chi connectivity index (χ2v) is 3.17. The van der Waals surface area contributed by atoms with Crippen molar-refractivity contribution in [2.24, 2.45) is 0 Å². The van der Waals surface area contributed by atoms with E-state index >= 15 is 0 Å². The molecule has 0 aromatic carbocycles. The van der Waals surface area contributed by atoms with Gasteiger partial charge >= 0.3 is 5.97 Å². The number of carboxylic acids is 1. The standard InChI is InChI=1S/C11H17NO2/c1-3-4-5-6-7-12-9-10(2)8-11(13)14/h1,8,12H,4-7,9H2,2H3,(H,13,14). The first-order chi connectivity index (χ1) is 6.66. The highest BCUT2D eigenvalue weighted by Gasteiger charge is 1.93. The number of nitrogens with one attached hydrogen (secondary N) is 1. The molecular weight excluding hydrogens is 178 g/mol. The van der Waals surface area contributed by atoms with E-state index in [4.69, 9.17) is 11.5 Å². The molecule has 0 rings (SSSR count). The molecule has 0 aliphatic heterocycles. The van der Waals surface area contributed by atoms with Gasteiger partial charge in [0.15, 0.2) is 0 Å². The third-order valence-electron chi connectivity index (χ3n) is 1.70. The lowest BCUT2D eigenvalue weighted by Gasteiger charge is -2.03. The fourth-order valence-electron chi connectivity index (χ4n) is 1.02. The van der Waals surface area contributed by atoms with E-state index in [9.17, 15) is 4.79 Å². The number of aliphatic carboxylic acids is 1. The Kier molecular flexibility index (Phi) is 7.58. The molecule has 3 heteroatoms. The number of terminal acetylenes is 1. The van der Waals surface area contributed by atoms with E-state index < -0.39 is 5.97 Å². The molecule has 0 saturated carbocycles. The van der Waals surface area contributed by atoms with Crippen LogP contribution >= 0.6 is 0 Å². The van der Waals surface area contributed by atoms with Gasteiger partial charge in [-0.05, 0) is 26.3 Å². The molecule has 0 spiro atoms. The van der Waals surface area contributed by atoms with Crippen molar-refractivity contribution >= 4 is 5.97 Å². The quantitative estimate of drug-likeness (QED) is 0.367. The van der Waals surface area contributed by atoms with Crippen LogP contribution in [0.5, 0.6) is 0 Å². The molecule has 0 unspecified atom stereocenters. The maximum absolute atomic E-state index is 10.3. The summed E-state index contributed by atoms with van der Waals surface area (Å²) in [5, 5.41) is 11.6. The summed E-state index contributed by atoms with van der Waals surface area (Å²) in [5.74, 6) is 1.68. The van der Waals surface area contributed by atoms with Gasteiger partial charge in [-0.3, -0.25) is 0 Å². The van der Waals surface area contributed by atoms with Crippen molar-refractivity contribution in [3.05, 3.63) is 11.6 Å². The van der Waals surface area contributed by atoms with Gasteiger partial charge in [0.1, 0.15) is 0 Å². The van der Waals surface area contributed by atoms with Crippen LogP contribution in [-0.4, -0.2) is 24.2 Å². The van der Waals surface area contributed by atoms with Gasteiger partial charge in [0.25, 0.3) is 0 Å². The number of hydrogen-bond acceptors (Lipinski definition) is 2. The Balaban J connectivity index is 3.37. The highest BCUT2D eigenvalue weighted by Crippen LogP contribution is 1.93. The number of carboxylic acid groups (broad SMARTS) is 1. The molecule has 0 aliphatic carbocycles. The molecule has 0 heterocycles. The first-order valence-corrected chi connectivity index (χ1v) is 4.71. The summed E-state index contributed by atoms with van der Waals surface area (Å²) in [4.78, 5) is 10.3. The fraction of sp³-hybridized carbons (Fsp3) is 0.545. The largest absolute Gasteiger partial charge is 0.478 e. The maximum atomic E-state index is 10.3. The monoisotopic (exact) mass is 195 g/mol. The Hall–Kier alpha value is -1.27. The zero-order valence-electron chi connectivity index (χ0n) is 8.55. The maximum Gasteiger partial charge on any atom is 0.328 e. The van der Waals surface area contributed by atoms with Crippen molar-refractivity contribution in [2.45, 2.75) is 26.2 Å². The summed E-state index contributed by atoms with van der Waals surface area (Å²) in [6, 6.07) is 0. The van der Waals surface area contributed by atoms with Crippen molar-refractivity contribution in [1.29, 1.82) is 0 Å². The SMILES string of the molecule is C#CCCCCNCC(C)=CC(=O)O. The van der Waals surface area contributed by atoms with Crippen LogP contribution in [0.1, 0.15) is 26.2 Å². The predicted octanol–water partition coefficient (Wildman–Crippen LogP) is 1.41. The van der Waals surface area contributed by atoms with Crippen LogP contribution in [0.4, 0.5) is 0 Å². The normalized spacial score (nSPS) is 11.0. The molecule has 0 aromatic heterocycles. The summed E-state index contributed by atoms with van der Waals surface area (Å²) in [5.41, 5.74) is 0.828. The molecule has 2 N–H and O–H groups in total. The summed E-state index contributed by atoms with van der Waals surface area (Å²) in [7, 11) is 0. The van der Waals surface area contributed by atoms with Gasteiger partial charge in [-0.1, -0.05) is 5.57 Å². The predicted molar refractivity (Wildman–Crippen MR) is 56.9 cm³/mol. The van der Waals surface area contributed by atoms with Crippen molar-refractivity contribution < 1.29 is 9.90 Å². The van der Waals surface area contributed by atoms with Crippen molar-refractivity contribution in [3.8, 4) is 12.3 Å². The fourth-order valence-corrected chi connectivity index (χ4v) is 1.02. The highest BCUT2D eigenvalue weighted by atomic mass is 16.4. The molecule has 3 nitrogen and oxygen atoms in total. The lowest BCUT2D eigenvalue weighted by atomic mass is 10.2. The molecule has 0 atom stereocenters. The Morgan fingerprint density at radius 3 is 2.86 bits per heavy atom. The summed E-state index contributed by atoms with van der Waals surface area (Å²) >= 11 is 0. The highest BCUT2D eigenvalue weighted by molar-refractivity contribution is 5.80.